The van der Waals surface area contributed by atoms with Gasteiger partial charge in [0.15, 0.2) is 0 Å². The molecule has 0 aliphatic rings. The zero-order chi connectivity index (χ0) is 15.0. The van der Waals surface area contributed by atoms with Gasteiger partial charge in [-0.1, -0.05) is 35.0 Å². The van der Waals surface area contributed by atoms with Gasteiger partial charge in [-0.05, 0) is 31.0 Å². The monoisotopic (exact) mass is 342 g/mol. The molecule has 0 aromatic heterocycles. The van der Waals surface area contributed by atoms with Crippen molar-refractivity contribution in [2.45, 2.75) is 32.4 Å². The van der Waals surface area contributed by atoms with Crippen molar-refractivity contribution in [3.63, 3.8) is 0 Å². The van der Waals surface area contributed by atoms with Crippen LogP contribution in [0.4, 0.5) is 0 Å². The van der Waals surface area contributed by atoms with E-state index in [0.717, 1.165) is 10.9 Å². The first kappa shape index (κ1) is 17.1. The van der Waals surface area contributed by atoms with Gasteiger partial charge in [0.25, 0.3) is 0 Å². The van der Waals surface area contributed by atoms with E-state index in [1.54, 1.807) is 7.11 Å². The number of methoxy groups -OCH3 is 1. The van der Waals surface area contributed by atoms with Crippen LogP contribution in [0.25, 0.3) is 0 Å². The van der Waals surface area contributed by atoms with Crippen molar-refractivity contribution >= 4 is 21.8 Å². The Morgan fingerprint density at radius 2 is 2.00 bits per heavy atom. The third-order valence-corrected chi connectivity index (χ3v) is 3.66. The molecule has 0 spiro atoms. The van der Waals surface area contributed by atoms with Crippen LogP contribution in [0.15, 0.2) is 28.7 Å². The Bertz CT molecular complexity index is 409. The average Bonchev–Trinajstić information content (AvgIpc) is 2.45. The van der Waals surface area contributed by atoms with E-state index < -0.39 is 0 Å². The van der Waals surface area contributed by atoms with E-state index in [9.17, 15) is 4.79 Å². The van der Waals surface area contributed by atoms with Crippen LogP contribution < -0.4 is 10.6 Å². The number of ether oxygens (including phenoxy) is 1. The maximum Gasteiger partial charge on any atom is 0.236 e. The molecule has 2 atom stereocenters. The lowest BCUT2D eigenvalue weighted by molar-refractivity contribution is -0.123. The molecule has 0 aliphatic carbocycles. The van der Waals surface area contributed by atoms with E-state index in [2.05, 4.69) is 45.6 Å². The summed E-state index contributed by atoms with van der Waals surface area (Å²) in [6, 6.07) is 8.11. The molecule has 2 N–H and O–H groups in total. The summed E-state index contributed by atoms with van der Waals surface area (Å²) in [5.74, 6) is -0.00221. The highest BCUT2D eigenvalue weighted by Gasteiger charge is 2.17. The van der Waals surface area contributed by atoms with Gasteiger partial charge in [0.1, 0.15) is 0 Å². The van der Waals surface area contributed by atoms with Crippen molar-refractivity contribution in [3.8, 4) is 0 Å². The molecule has 0 aliphatic heterocycles. The van der Waals surface area contributed by atoms with E-state index in [1.807, 2.05) is 19.1 Å². The molecule has 2 unspecified atom stereocenters. The number of hydrogen-bond acceptors (Lipinski definition) is 3. The molecule has 1 rings (SSSR count). The van der Waals surface area contributed by atoms with E-state index in [0.29, 0.717) is 13.2 Å². The molecule has 1 aromatic rings. The molecule has 0 radical (unpaired) electrons. The van der Waals surface area contributed by atoms with Crippen LogP contribution in [0.1, 0.15) is 31.9 Å². The molecule has 0 bridgehead atoms. The van der Waals surface area contributed by atoms with Gasteiger partial charge in [-0.25, -0.2) is 0 Å². The first-order chi connectivity index (χ1) is 9.58. The Morgan fingerprint density at radius 1 is 1.35 bits per heavy atom. The first-order valence-corrected chi connectivity index (χ1v) is 7.66. The second kappa shape index (κ2) is 9.10. The lowest BCUT2D eigenvalue weighted by Gasteiger charge is -2.22. The fourth-order valence-corrected chi connectivity index (χ4v) is 2.22. The summed E-state index contributed by atoms with van der Waals surface area (Å²) >= 11 is 3.43. The fraction of sp³-hybridized carbons (Fsp3) is 0.533. The van der Waals surface area contributed by atoms with Crippen molar-refractivity contribution < 1.29 is 9.53 Å². The fourth-order valence-electron chi connectivity index (χ4n) is 1.95. The molecule has 0 fully saturated rings. The molecule has 0 heterocycles. The minimum atomic E-state index is -0.236. The summed E-state index contributed by atoms with van der Waals surface area (Å²) in [7, 11) is 1.62. The van der Waals surface area contributed by atoms with Gasteiger partial charge in [0, 0.05) is 24.2 Å². The van der Waals surface area contributed by atoms with E-state index >= 15 is 0 Å². The summed E-state index contributed by atoms with van der Waals surface area (Å²) in [6.45, 7) is 5.05. The zero-order valence-corrected chi connectivity index (χ0v) is 13.9. The van der Waals surface area contributed by atoms with Crippen molar-refractivity contribution in [1.82, 2.24) is 10.6 Å². The Balaban J connectivity index is 2.54. The van der Waals surface area contributed by atoms with Crippen molar-refractivity contribution in [1.29, 1.82) is 0 Å². The molecule has 1 amide bonds. The standard InChI is InChI=1S/C15H23BrN2O2/c1-4-14(12-5-7-13(16)8-6-12)18-11(2)15(19)17-9-10-20-3/h5-8,11,14,18H,4,9-10H2,1-3H3,(H,17,19). The third-order valence-electron chi connectivity index (χ3n) is 3.13. The molecular weight excluding hydrogens is 320 g/mol. The van der Waals surface area contributed by atoms with Gasteiger partial charge < -0.3 is 10.1 Å². The maximum absolute atomic E-state index is 11.9. The number of halogens is 1. The quantitative estimate of drug-likeness (QED) is 0.714. The van der Waals surface area contributed by atoms with Crippen LogP contribution in [0.5, 0.6) is 0 Å². The molecule has 20 heavy (non-hydrogen) atoms. The van der Waals surface area contributed by atoms with Crippen molar-refractivity contribution in [2.24, 2.45) is 0 Å². The first-order valence-electron chi connectivity index (χ1n) is 6.86. The molecule has 4 nitrogen and oxygen atoms in total. The summed E-state index contributed by atoms with van der Waals surface area (Å²) in [5, 5.41) is 6.20. The lowest BCUT2D eigenvalue weighted by atomic mass is 10.0. The molecular formula is C15H23BrN2O2. The predicted molar refractivity (Wildman–Crippen MR) is 84.7 cm³/mol. The van der Waals surface area contributed by atoms with Crippen LogP contribution in [0.3, 0.4) is 0 Å². The predicted octanol–water partition coefficient (Wildman–Crippen LogP) is 2.64. The summed E-state index contributed by atoms with van der Waals surface area (Å²) < 4.78 is 5.97. The number of carbonyl (C=O) groups excluding carboxylic acids is 1. The van der Waals surface area contributed by atoms with Crippen LogP contribution in [0, 0.1) is 0 Å². The van der Waals surface area contributed by atoms with Crippen molar-refractivity contribution in [2.75, 3.05) is 20.3 Å². The third kappa shape index (κ3) is 5.61. The highest BCUT2D eigenvalue weighted by molar-refractivity contribution is 9.10. The summed E-state index contributed by atoms with van der Waals surface area (Å²) in [5.41, 5.74) is 1.19. The smallest absolute Gasteiger partial charge is 0.236 e. The van der Waals surface area contributed by atoms with Gasteiger partial charge in [0.05, 0.1) is 12.6 Å². The zero-order valence-electron chi connectivity index (χ0n) is 12.3. The van der Waals surface area contributed by atoms with E-state index in [1.165, 1.54) is 5.56 Å². The Hall–Kier alpha value is -0.910. The van der Waals surface area contributed by atoms with Crippen LogP contribution in [-0.4, -0.2) is 32.2 Å². The summed E-state index contributed by atoms with van der Waals surface area (Å²) in [4.78, 5) is 11.9. The minimum absolute atomic E-state index is 0.00221. The van der Waals surface area contributed by atoms with Gasteiger partial charge in [-0.3, -0.25) is 10.1 Å². The van der Waals surface area contributed by atoms with Gasteiger partial charge in [-0.15, -0.1) is 0 Å². The van der Waals surface area contributed by atoms with E-state index in [-0.39, 0.29) is 18.0 Å². The number of amides is 1. The topological polar surface area (TPSA) is 50.4 Å². The highest BCUT2D eigenvalue weighted by Crippen LogP contribution is 2.19. The highest BCUT2D eigenvalue weighted by atomic mass is 79.9. The number of benzene rings is 1. The number of nitrogens with one attached hydrogen (secondary N) is 2. The molecule has 112 valence electrons. The number of carbonyl (C=O) groups is 1. The second-order valence-electron chi connectivity index (χ2n) is 4.68. The molecule has 1 aromatic carbocycles. The SMILES string of the molecule is CCC(NC(C)C(=O)NCCOC)c1ccc(Br)cc1. The van der Waals surface area contributed by atoms with Crippen molar-refractivity contribution in [3.05, 3.63) is 34.3 Å². The molecule has 5 heteroatoms. The molecule has 0 saturated heterocycles. The lowest BCUT2D eigenvalue weighted by Crippen LogP contribution is -2.44. The minimum Gasteiger partial charge on any atom is -0.383 e. The van der Waals surface area contributed by atoms with Crippen LogP contribution in [-0.2, 0) is 9.53 Å². The van der Waals surface area contributed by atoms with Gasteiger partial charge >= 0.3 is 0 Å². The average molecular weight is 343 g/mol. The normalized spacial score (nSPS) is 13.8. The Morgan fingerprint density at radius 3 is 2.55 bits per heavy atom. The van der Waals surface area contributed by atoms with Crippen LogP contribution in [0.2, 0.25) is 0 Å². The Labute approximate surface area is 129 Å². The molecule has 0 saturated carbocycles. The summed E-state index contributed by atoms with van der Waals surface area (Å²) in [6.07, 6.45) is 0.928. The maximum atomic E-state index is 11.9. The van der Waals surface area contributed by atoms with E-state index in [4.69, 9.17) is 4.74 Å². The second-order valence-corrected chi connectivity index (χ2v) is 5.60. The van der Waals surface area contributed by atoms with Gasteiger partial charge in [0.2, 0.25) is 5.91 Å². The van der Waals surface area contributed by atoms with Crippen LogP contribution >= 0.6 is 15.9 Å². The largest absolute Gasteiger partial charge is 0.383 e. The van der Waals surface area contributed by atoms with Gasteiger partial charge in [-0.2, -0.15) is 0 Å². The number of rotatable bonds is 8. The number of hydrogen-bond donors (Lipinski definition) is 2. The Kier molecular flexibility index (Phi) is 7.80.